The van der Waals surface area contributed by atoms with Crippen molar-refractivity contribution in [1.82, 2.24) is 14.6 Å². The summed E-state index contributed by atoms with van der Waals surface area (Å²) in [5.74, 6) is -0.510. The SMILES string of the molecule is O=C(NCc1ccccc1)[C@H]1CCCN(S(=O)(=O)c2ccc3[nH]c(=O)ccc3c2)C1. The van der Waals surface area contributed by atoms with Gasteiger partial charge in [-0.1, -0.05) is 30.3 Å². The van der Waals surface area contributed by atoms with Crippen LogP contribution in [0.15, 0.2) is 70.4 Å². The molecule has 1 amide bonds. The maximum atomic E-state index is 13.2. The zero-order chi connectivity index (χ0) is 21.1. The molecule has 1 aliphatic heterocycles. The number of piperidine rings is 1. The van der Waals surface area contributed by atoms with E-state index in [1.54, 1.807) is 18.2 Å². The standard InChI is InChI=1S/C22H23N3O4S/c26-21-11-8-17-13-19(9-10-20(17)24-21)30(28,29)25-12-4-7-18(15-25)22(27)23-14-16-5-2-1-3-6-16/h1-3,5-6,8-11,13,18H,4,7,12,14-15H2,(H,23,27)(H,24,26)/t18-/m0/s1. The summed E-state index contributed by atoms with van der Waals surface area (Å²) in [6.07, 6.45) is 1.29. The predicted octanol–water partition coefficient (Wildman–Crippen LogP) is 2.25. The zero-order valence-electron chi connectivity index (χ0n) is 16.4. The van der Waals surface area contributed by atoms with Crippen molar-refractivity contribution in [3.05, 3.63) is 76.6 Å². The number of nitrogens with one attached hydrogen (secondary N) is 2. The van der Waals surface area contributed by atoms with E-state index in [9.17, 15) is 18.0 Å². The predicted molar refractivity (Wildman–Crippen MR) is 114 cm³/mol. The number of pyridine rings is 1. The van der Waals surface area contributed by atoms with Crippen molar-refractivity contribution < 1.29 is 13.2 Å². The Balaban J connectivity index is 1.48. The number of carbonyl (C=O) groups excluding carboxylic acids is 1. The number of aromatic amines is 1. The number of carbonyl (C=O) groups is 1. The summed E-state index contributed by atoms with van der Waals surface area (Å²) in [4.78, 5) is 26.9. The van der Waals surface area contributed by atoms with Crippen LogP contribution in [0.4, 0.5) is 0 Å². The average molecular weight is 426 g/mol. The van der Waals surface area contributed by atoms with Gasteiger partial charge in [-0.25, -0.2) is 8.42 Å². The van der Waals surface area contributed by atoms with Crippen LogP contribution < -0.4 is 10.9 Å². The molecule has 30 heavy (non-hydrogen) atoms. The number of amides is 1. The van der Waals surface area contributed by atoms with Crippen LogP contribution in [0.25, 0.3) is 10.9 Å². The molecule has 1 aromatic heterocycles. The Bertz CT molecular complexity index is 1220. The summed E-state index contributed by atoms with van der Waals surface area (Å²) >= 11 is 0. The van der Waals surface area contributed by atoms with Crippen molar-refractivity contribution >= 4 is 26.8 Å². The first kappa shape index (κ1) is 20.3. The molecule has 0 spiro atoms. The monoisotopic (exact) mass is 425 g/mol. The van der Waals surface area contributed by atoms with E-state index in [2.05, 4.69) is 10.3 Å². The molecule has 2 N–H and O–H groups in total. The van der Waals surface area contributed by atoms with Crippen LogP contribution in [-0.4, -0.2) is 36.7 Å². The van der Waals surface area contributed by atoms with Crippen LogP contribution in [0.5, 0.6) is 0 Å². The van der Waals surface area contributed by atoms with Crippen molar-refractivity contribution in [3.8, 4) is 0 Å². The summed E-state index contributed by atoms with van der Waals surface area (Å²) in [6.45, 7) is 0.965. The molecule has 0 radical (unpaired) electrons. The molecule has 0 bridgehead atoms. The highest BCUT2D eigenvalue weighted by atomic mass is 32.2. The van der Waals surface area contributed by atoms with Crippen molar-refractivity contribution in [1.29, 1.82) is 0 Å². The molecule has 0 saturated carbocycles. The van der Waals surface area contributed by atoms with Crippen LogP contribution in [0.3, 0.4) is 0 Å². The summed E-state index contributed by atoms with van der Waals surface area (Å²) in [6, 6.07) is 17.2. The van der Waals surface area contributed by atoms with Crippen molar-refractivity contribution in [2.24, 2.45) is 5.92 Å². The number of aromatic nitrogens is 1. The minimum atomic E-state index is -3.74. The van der Waals surface area contributed by atoms with Crippen LogP contribution >= 0.6 is 0 Å². The maximum Gasteiger partial charge on any atom is 0.248 e. The molecule has 8 heteroatoms. The molecule has 7 nitrogen and oxygen atoms in total. The molecule has 1 saturated heterocycles. The Hall–Kier alpha value is -2.97. The van der Waals surface area contributed by atoms with E-state index in [4.69, 9.17) is 0 Å². The smallest absolute Gasteiger partial charge is 0.248 e. The summed E-state index contributed by atoms with van der Waals surface area (Å²) in [5.41, 5.74) is 1.34. The molecule has 3 aromatic rings. The third-order valence-corrected chi connectivity index (χ3v) is 7.26. The third-order valence-electron chi connectivity index (χ3n) is 5.40. The molecule has 2 heterocycles. The number of benzene rings is 2. The Morgan fingerprint density at radius 1 is 1.10 bits per heavy atom. The lowest BCUT2D eigenvalue weighted by Gasteiger charge is -2.31. The third kappa shape index (κ3) is 4.29. The number of sulfonamides is 1. The lowest BCUT2D eigenvalue weighted by atomic mass is 9.99. The molecular formula is C22H23N3O4S. The fourth-order valence-corrected chi connectivity index (χ4v) is 5.31. The van der Waals surface area contributed by atoms with Gasteiger partial charge in [0.25, 0.3) is 0 Å². The normalized spacial score (nSPS) is 17.7. The molecule has 0 aliphatic carbocycles. The molecule has 4 rings (SSSR count). The van der Waals surface area contributed by atoms with Gasteiger partial charge in [-0.05, 0) is 48.1 Å². The van der Waals surface area contributed by atoms with Gasteiger partial charge in [-0.3, -0.25) is 9.59 Å². The van der Waals surface area contributed by atoms with E-state index in [-0.39, 0.29) is 28.8 Å². The second kappa shape index (κ2) is 8.41. The van der Waals surface area contributed by atoms with E-state index in [1.165, 1.54) is 16.4 Å². The molecule has 156 valence electrons. The van der Waals surface area contributed by atoms with Crippen LogP contribution in [0.2, 0.25) is 0 Å². The fourth-order valence-electron chi connectivity index (χ4n) is 3.75. The average Bonchev–Trinajstić information content (AvgIpc) is 2.77. The number of hydrogen-bond donors (Lipinski definition) is 2. The van der Waals surface area contributed by atoms with E-state index in [0.717, 1.165) is 5.56 Å². The van der Waals surface area contributed by atoms with E-state index >= 15 is 0 Å². The van der Waals surface area contributed by atoms with Crippen LogP contribution in [0.1, 0.15) is 18.4 Å². The Morgan fingerprint density at radius 2 is 1.90 bits per heavy atom. The fraction of sp³-hybridized carbons (Fsp3) is 0.273. The van der Waals surface area contributed by atoms with E-state index < -0.39 is 10.0 Å². The van der Waals surface area contributed by atoms with Gasteiger partial charge in [0.05, 0.1) is 10.8 Å². The largest absolute Gasteiger partial charge is 0.352 e. The topological polar surface area (TPSA) is 99.3 Å². The van der Waals surface area contributed by atoms with Gasteiger partial charge < -0.3 is 10.3 Å². The lowest BCUT2D eigenvalue weighted by molar-refractivity contribution is -0.126. The summed E-state index contributed by atoms with van der Waals surface area (Å²) in [7, 11) is -3.74. The van der Waals surface area contributed by atoms with Crippen molar-refractivity contribution in [2.45, 2.75) is 24.3 Å². The quantitative estimate of drug-likeness (QED) is 0.655. The highest BCUT2D eigenvalue weighted by Gasteiger charge is 2.33. The van der Waals surface area contributed by atoms with Crippen molar-refractivity contribution in [3.63, 3.8) is 0 Å². The second-order valence-corrected chi connectivity index (χ2v) is 9.42. The highest BCUT2D eigenvalue weighted by Crippen LogP contribution is 2.25. The first-order chi connectivity index (χ1) is 14.4. The molecule has 1 aliphatic rings. The van der Waals surface area contributed by atoms with Gasteiger partial charge in [0.1, 0.15) is 0 Å². The zero-order valence-corrected chi connectivity index (χ0v) is 17.2. The minimum absolute atomic E-state index is 0.130. The Morgan fingerprint density at radius 3 is 2.70 bits per heavy atom. The number of hydrogen-bond acceptors (Lipinski definition) is 4. The molecule has 1 fully saturated rings. The Kier molecular flexibility index (Phi) is 5.69. The second-order valence-electron chi connectivity index (χ2n) is 7.48. The van der Waals surface area contributed by atoms with Gasteiger partial charge in [-0.15, -0.1) is 0 Å². The van der Waals surface area contributed by atoms with Gasteiger partial charge in [0, 0.05) is 31.2 Å². The van der Waals surface area contributed by atoms with Gasteiger partial charge in [0.15, 0.2) is 0 Å². The van der Waals surface area contributed by atoms with Crippen LogP contribution in [-0.2, 0) is 21.4 Å². The maximum absolute atomic E-state index is 13.2. The molecule has 1 atom stereocenters. The van der Waals surface area contributed by atoms with Gasteiger partial charge >= 0.3 is 0 Å². The van der Waals surface area contributed by atoms with E-state index in [0.29, 0.717) is 36.8 Å². The molecule has 0 unspecified atom stereocenters. The van der Waals surface area contributed by atoms with Crippen LogP contribution in [0, 0.1) is 5.92 Å². The lowest BCUT2D eigenvalue weighted by Crippen LogP contribution is -2.45. The van der Waals surface area contributed by atoms with Gasteiger partial charge in [0.2, 0.25) is 21.5 Å². The number of rotatable bonds is 5. The van der Waals surface area contributed by atoms with Crippen molar-refractivity contribution in [2.75, 3.05) is 13.1 Å². The highest BCUT2D eigenvalue weighted by molar-refractivity contribution is 7.89. The number of H-pyrrole nitrogens is 1. The Labute approximate surface area is 174 Å². The molecule has 2 aromatic carbocycles. The minimum Gasteiger partial charge on any atom is -0.352 e. The van der Waals surface area contributed by atoms with E-state index in [1.807, 2.05) is 30.3 Å². The summed E-state index contributed by atoms with van der Waals surface area (Å²) < 4.78 is 27.7. The first-order valence-corrected chi connectivity index (χ1v) is 11.3. The van der Waals surface area contributed by atoms with Gasteiger partial charge in [-0.2, -0.15) is 4.31 Å². The number of nitrogens with zero attached hydrogens (tertiary/aromatic N) is 1. The summed E-state index contributed by atoms with van der Waals surface area (Å²) in [5, 5.41) is 3.56. The first-order valence-electron chi connectivity index (χ1n) is 9.88. The number of fused-ring (bicyclic) bond motifs is 1. The molecular weight excluding hydrogens is 402 g/mol.